The lowest BCUT2D eigenvalue weighted by atomic mass is 10.3. The van der Waals surface area contributed by atoms with E-state index in [2.05, 4.69) is 9.88 Å². The van der Waals surface area contributed by atoms with Crippen molar-refractivity contribution in [3.63, 3.8) is 0 Å². The van der Waals surface area contributed by atoms with E-state index in [9.17, 15) is 8.42 Å². The van der Waals surface area contributed by atoms with Crippen LogP contribution in [-0.2, 0) is 16.6 Å². The van der Waals surface area contributed by atoms with Crippen LogP contribution in [0.2, 0.25) is 0 Å². The molecule has 17 heavy (non-hydrogen) atoms. The van der Waals surface area contributed by atoms with Gasteiger partial charge < -0.3 is 5.73 Å². The molecule has 1 aliphatic rings. The molecule has 0 amide bonds. The molecule has 0 spiro atoms. The summed E-state index contributed by atoms with van der Waals surface area (Å²) in [4.78, 5) is 7.34. The third-order valence-electron chi connectivity index (χ3n) is 2.75. The summed E-state index contributed by atoms with van der Waals surface area (Å²) < 4.78 is 24.2. The number of nitrogens with zero attached hydrogens (tertiary/aromatic N) is 3. The van der Waals surface area contributed by atoms with E-state index >= 15 is 0 Å². The predicted molar refractivity (Wildman–Crippen MR) is 68.2 cm³/mol. The first-order valence-corrected chi connectivity index (χ1v) is 7.99. The Hall–Kier alpha value is -0.700. The predicted octanol–water partition coefficient (Wildman–Crippen LogP) is -0.197. The van der Waals surface area contributed by atoms with Gasteiger partial charge in [-0.15, -0.1) is 11.3 Å². The normalized spacial score (nSPS) is 19.6. The van der Waals surface area contributed by atoms with E-state index in [0.717, 1.165) is 24.5 Å². The summed E-state index contributed by atoms with van der Waals surface area (Å²) in [6, 6.07) is 0. The third kappa shape index (κ3) is 3.38. The molecule has 1 fully saturated rings. The summed E-state index contributed by atoms with van der Waals surface area (Å²) in [5, 5.41) is 0.578. The molecule has 6 nitrogen and oxygen atoms in total. The lowest BCUT2D eigenvalue weighted by Gasteiger charge is -2.32. The average Bonchev–Trinajstić information content (AvgIpc) is 2.63. The summed E-state index contributed by atoms with van der Waals surface area (Å²) >= 11 is 1.48. The molecule has 1 aliphatic heterocycles. The molecule has 0 aliphatic carbocycles. The number of aromatic nitrogens is 1. The van der Waals surface area contributed by atoms with Crippen LogP contribution >= 0.6 is 11.3 Å². The highest BCUT2D eigenvalue weighted by Crippen LogP contribution is 2.17. The zero-order valence-electron chi connectivity index (χ0n) is 9.66. The van der Waals surface area contributed by atoms with Crippen molar-refractivity contribution in [1.29, 1.82) is 0 Å². The van der Waals surface area contributed by atoms with Crippen molar-refractivity contribution in [2.45, 2.75) is 6.54 Å². The Balaban J connectivity index is 1.87. The molecule has 96 valence electrons. The zero-order valence-corrected chi connectivity index (χ0v) is 11.3. The van der Waals surface area contributed by atoms with Crippen LogP contribution in [-0.4, -0.2) is 55.0 Å². The molecule has 0 atom stereocenters. The maximum absolute atomic E-state index is 11.3. The molecule has 2 N–H and O–H groups in total. The fourth-order valence-electron chi connectivity index (χ4n) is 1.84. The lowest BCUT2D eigenvalue weighted by Crippen LogP contribution is -2.47. The number of hydrogen-bond acceptors (Lipinski definition) is 6. The van der Waals surface area contributed by atoms with Crippen molar-refractivity contribution < 1.29 is 8.42 Å². The monoisotopic (exact) mass is 276 g/mol. The second-order valence-corrected chi connectivity index (χ2v) is 7.23. The minimum atomic E-state index is -3.04. The van der Waals surface area contributed by atoms with Gasteiger partial charge in [0.1, 0.15) is 0 Å². The highest BCUT2D eigenvalue weighted by molar-refractivity contribution is 7.88. The molecule has 0 aromatic carbocycles. The first kappa shape index (κ1) is 12.7. The Kier molecular flexibility index (Phi) is 3.67. The van der Waals surface area contributed by atoms with Gasteiger partial charge in [0, 0.05) is 43.8 Å². The van der Waals surface area contributed by atoms with Gasteiger partial charge in [0.05, 0.1) is 6.26 Å². The van der Waals surface area contributed by atoms with E-state index in [0.29, 0.717) is 18.2 Å². The molecule has 1 aromatic heterocycles. The van der Waals surface area contributed by atoms with Gasteiger partial charge >= 0.3 is 0 Å². The van der Waals surface area contributed by atoms with Crippen molar-refractivity contribution in [1.82, 2.24) is 14.2 Å². The van der Waals surface area contributed by atoms with E-state index in [1.54, 1.807) is 6.20 Å². The van der Waals surface area contributed by atoms with E-state index < -0.39 is 10.0 Å². The van der Waals surface area contributed by atoms with Gasteiger partial charge in [-0.3, -0.25) is 4.90 Å². The topological polar surface area (TPSA) is 79.5 Å². The fraction of sp³-hybridized carbons (Fsp3) is 0.667. The van der Waals surface area contributed by atoms with Crippen molar-refractivity contribution in [3.8, 4) is 0 Å². The third-order valence-corrected chi connectivity index (χ3v) is 4.87. The summed E-state index contributed by atoms with van der Waals surface area (Å²) in [7, 11) is -3.04. The van der Waals surface area contributed by atoms with Gasteiger partial charge in [0.15, 0.2) is 5.13 Å². The minimum absolute atomic E-state index is 0.563. The SMILES string of the molecule is CS(=O)(=O)N1CCN(Cc2cnc(N)s2)CC1. The Morgan fingerprint density at radius 2 is 2.06 bits per heavy atom. The van der Waals surface area contributed by atoms with Gasteiger partial charge in [-0.2, -0.15) is 4.31 Å². The summed E-state index contributed by atoms with van der Waals surface area (Å²) in [6.07, 6.45) is 3.04. The smallest absolute Gasteiger partial charge is 0.211 e. The number of nitrogens with two attached hydrogens (primary N) is 1. The number of rotatable bonds is 3. The van der Waals surface area contributed by atoms with E-state index in [1.807, 2.05) is 0 Å². The molecular formula is C9H16N4O2S2. The number of nitrogen functional groups attached to an aromatic ring is 1. The first-order valence-electron chi connectivity index (χ1n) is 5.33. The van der Waals surface area contributed by atoms with Crippen LogP contribution in [0.3, 0.4) is 0 Å². The second-order valence-electron chi connectivity index (χ2n) is 4.10. The van der Waals surface area contributed by atoms with Crippen molar-refractivity contribution >= 4 is 26.5 Å². The van der Waals surface area contributed by atoms with Crippen LogP contribution in [0.1, 0.15) is 4.88 Å². The van der Waals surface area contributed by atoms with Crippen LogP contribution in [0.4, 0.5) is 5.13 Å². The van der Waals surface area contributed by atoms with Crippen molar-refractivity contribution in [2.75, 3.05) is 38.2 Å². The van der Waals surface area contributed by atoms with Crippen LogP contribution < -0.4 is 5.73 Å². The standard InChI is InChI=1S/C9H16N4O2S2/c1-17(14,15)13-4-2-12(3-5-13)7-8-6-11-9(10)16-8/h6H,2-5,7H2,1H3,(H2,10,11). The summed E-state index contributed by atoms with van der Waals surface area (Å²) in [5.74, 6) is 0. The van der Waals surface area contributed by atoms with Crippen molar-refractivity contribution in [2.24, 2.45) is 0 Å². The molecule has 0 saturated carbocycles. The Labute approximate surface area is 105 Å². The molecule has 1 aromatic rings. The number of hydrogen-bond donors (Lipinski definition) is 1. The van der Waals surface area contributed by atoms with Gasteiger partial charge in [0.2, 0.25) is 10.0 Å². The van der Waals surface area contributed by atoms with Crippen LogP contribution in [0.5, 0.6) is 0 Å². The number of anilines is 1. The Bertz CT molecular complexity index is 477. The first-order chi connectivity index (χ1) is 7.95. The van der Waals surface area contributed by atoms with Crippen LogP contribution in [0.25, 0.3) is 0 Å². The number of thiazole rings is 1. The molecule has 0 bridgehead atoms. The van der Waals surface area contributed by atoms with Crippen LogP contribution in [0.15, 0.2) is 6.20 Å². The Morgan fingerprint density at radius 1 is 1.41 bits per heavy atom. The molecule has 8 heteroatoms. The van der Waals surface area contributed by atoms with E-state index in [1.165, 1.54) is 21.9 Å². The van der Waals surface area contributed by atoms with Gasteiger partial charge in [-0.25, -0.2) is 13.4 Å². The molecule has 1 saturated heterocycles. The molecule has 2 heterocycles. The van der Waals surface area contributed by atoms with Crippen LogP contribution in [0, 0.1) is 0 Å². The summed E-state index contributed by atoms with van der Waals surface area (Å²) in [6.45, 7) is 3.43. The van der Waals surface area contributed by atoms with Gasteiger partial charge in [-0.1, -0.05) is 0 Å². The zero-order chi connectivity index (χ0) is 12.5. The van der Waals surface area contributed by atoms with Gasteiger partial charge in [-0.05, 0) is 0 Å². The van der Waals surface area contributed by atoms with Crippen molar-refractivity contribution in [3.05, 3.63) is 11.1 Å². The maximum atomic E-state index is 11.3. The molecule has 0 radical (unpaired) electrons. The molecule has 2 rings (SSSR count). The minimum Gasteiger partial charge on any atom is -0.375 e. The highest BCUT2D eigenvalue weighted by Gasteiger charge is 2.23. The average molecular weight is 276 g/mol. The van der Waals surface area contributed by atoms with Gasteiger partial charge in [0.25, 0.3) is 0 Å². The Morgan fingerprint density at radius 3 is 2.53 bits per heavy atom. The number of piperazine rings is 1. The maximum Gasteiger partial charge on any atom is 0.211 e. The fourth-order valence-corrected chi connectivity index (χ4v) is 3.39. The number of sulfonamides is 1. The van der Waals surface area contributed by atoms with E-state index in [-0.39, 0.29) is 0 Å². The summed E-state index contributed by atoms with van der Waals surface area (Å²) in [5.41, 5.74) is 5.56. The highest BCUT2D eigenvalue weighted by atomic mass is 32.2. The molecular weight excluding hydrogens is 260 g/mol. The molecule has 0 unspecified atom stereocenters. The largest absolute Gasteiger partial charge is 0.375 e. The quantitative estimate of drug-likeness (QED) is 0.827. The lowest BCUT2D eigenvalue weighted by molar-refractivity contribution is 0.183. The second kappa shape index (κ2) is 4.89. The van der Waals surface area contributed by atoms with E-state index in [4.69, 9.17) is 5.73 Å².